The van der Waals surface area contributed by atoms with Crippen LogP contribution >= 0.6 is 0 Å². The van der Waals surface area contributed by atoms with Gasteiger partial charge in [-0.2, -0.15) is 0 Å². The Bertz CT molecular complexity index is 1590. The Labute approximate surface area is 489 Å². The van der Waals surface area contributed by atoms with Crippen molar-refractivity contribution >= 4 is 17.9 Å². The molecule has 0 spiro atoms. The third-order valence-electron chi connectivity index (χ3n) is 14.3. The minimum Gasteiger partial charge on any atom is -0.462 e. The van der Waals surface area contributed by atoms with Crippen LogP contribution in [0.5, 0.6) is 0 Å². The molecule has 0 saturated carbocycles. The molecular formula is C73H124O6. The highest BCUT2D eigenvalue weighted by Gasteiger charge is 2.19. The minimum atomic E-state index is -0.792. The van der Waals surface area contributed by atoms with Gasteiger partial charge >= 0.3 is 17.9 Å². The van der Waals surface area contributed by atoms with Crippen molar-refractivity contribution in [2.45, 2.75) is 322 Å². The van der Waals surface area contributed by atoms with Gasteiger partial charge in [-0.1, -0.05) is 297 Å². The van der Waals surface area contributed by atoms with Gasteiger partial charge in [-0.3, -0.25) is 14.4 Å². The quantitative estimate of drug-likeness (QED) is 0.0261. The van der Waals surface area contributed by atoms with Crippen LogP contribution in [0.2, 0.25) is 0 Å². The maximum atomic E-state index is 12.9. The molecule has 0 N–H and O–H groups in total. The first-order valence-corrected chi connectivity index (χ1v) is 33.4. The van der Waals surface area contributed by atoms with Crippen molar-refractivity contribution in [1.29, 1.82) is 0 Å². The zero-order valence-corrected chi connectivity index (χ0v) is 51.9. The Morgan fingerprint density at radius 2 is 0.494 bits per heavy atom. The summed E-state index contributed by atoms with van der Waals surface area (Å²) in [5, 5.41) is 0. The topological polar surface area (TPSA) is 78.9 Å². The summed E-state index contributed by atoms with van der Waals surface area (Å²) in [7, 11) is 0. The molecule has 79 heavy (non-hydrogen) atoms. The van der Waals surface area contributed by atoms with Crippen molar-refractivity contribution in [1.82, 2.24) is 0 Å². The number of hydrogen-bond acceptors (Lipinski definition) is 6. The highest BCUT2D eigenvalue weighted by molar-refractivity contribution is 5.71. The summed E-state index contributed by atoms with van der Waals surface area (Å²) in [5.41, 5.74) is 0. The maximum absolute atomic E-state index is 12.9. The Hall–Kier alpha value is -3.93. The van der Waals surface area contributed by atoms with E-state index in [1.165, 1.54) is 154 Å². The van der Waals surface area contributed by atoms with Crippen LogP contribution in [0.25, 0.3) is 0 Å². The van der Waals surface area contributed by atoms with Crippen molar-refractivity contribution in [2.75, 3.05) is 13.2 Å². The van der Waals surface area contributed by atoms with Crippen LogP contribution in [-0.4, -0.2) is 37.2 Å². The van der Waals surface area contributed by atoms with Crippen LogP contribution in [0, 0.1) is 0 Å². The van der Waals surface area contributed by atoms with Gasteiger partial charge in [0.1, 0.15) is 13.2 Å². The van der Waals surface area contributed by atoms with Crippen molar-refractivity contribution in [3.05, 3.63) is 109 Å². The van der Waals surface area contributed by atoms with E-state index in [1.807, 2.05) is 0 Å². The first-order valence-electron chi connectivity index (χ1n) is 33.4. The Morgan fingerprint density at radius 3 is 0.785 bits per heavy atom. The Kier molecular flexibility index (Phi) is 63.3. The molecule has 0 aliphatic rings. The van der Waals surface area contributed by atoms with E-state index in [0.29, 0.717) is 19.3 Å². The molecular weight excluding hydrogens is 973 g/mol. The van der Waals surface area contributed by atoms with E-state index >= 15 is 0 Å². The standard InChI is InChI=1S/C73H124O6/c1-4-7-10-13-16-19-22-25-28-30-32-33-34-35-36-37-38-39-40-41-42-44-45-48-51-54-57-60-63-66-72(75)78-69-70(68-77-71(74)65-62-59-56-53-50-47-27-24-21-18-15-12-9-6-3)79-73(76)67-64-61-58-55-52-49-46-43-31-29-26-23-20-17-14-11-8-5-2/h7,10,16,19,25,28-29,31-33,35-36,38-39,41-42,45,48,70H,4-6,8-9,11-15,17-18,20-24,26-27,30,34,37,40,43-44,46-47,49-69H2,1-3H3/b10-7-,19-16-,28-25-,31-29-,33-32-,36-35-,39-38-,42-41-,48-45-. The summed E-state index contributed by atoms with van der Waals surface area (Å²) in [6.45, 7) is 6.53. The van der Waals surface area contributed by atoms with E-state index in [0.717, 1.165) is 122 Å². The summed E-state index contributed by atoms with van der Waals surface area (Å²) < 4.78 is 16.9. The first-order chi connectivity index (χ1) is 39.0. The Morgan fingerprint density at radius 1 is 0.266 bits per heavy atom. The van der Waals surface area contributed by atoms with Crippen molar-refractivity contribution in [3.63, 3.8) is 0 Å². The third kappa shape index (κ3) is 64.8. The molecule has 0 aromatic heterocycles. The molecule has 0 aliphatic heterocycles. The van der Waals surface area contributed by atoms with Crippen molar-refractivity contribution in [3.8, 4) is 0 Å². The lowest BCUT2D eigenvalue weighted by molar-refractivity contribution is -0.167. The highest BCUT2D eigenvalue weighted by Crippen LogP contribution is 2.16. The molecule has 0 heterocycles. The van der Waals surface area contributed by atoms with Gasteiger partial charge in [0.15, 0.2) is 6.10 Å². The third-order valence-corrected chi connectivity index (χ3v) is 14.3. The van der Waals surface area contributed by atoms with Gasteiger partial charge in [0, 0.05) is 19.3 Å². The number of carbonyl (C=O) groups is 3. The van der Waals surface area contributed by atoms with Crippen LogP contribution in [-0.2, 0) is 28.6 Å². The average molecular weight is 1100 g/mol. The van der Waals surface area contributed by atoms with E-state index in [4.69, 9.17) is 14.2 Å². The van der Waals surface area contributed by atoms with Crippen molar-refractivity contribution < 1.29 is 28.6 Å². The van der Waals surface area contributed by atoms with E-state index in [2.05, 4.69) is 130 Å². The molecule has 0 aliphatic carbocycles. The molecule has 0 aromatic rings. The number of hydrogen-bond donors (Lipinski definition) is 0. The van der Waals surface area contributed by atoms with E-state index in [9.17, 15) is 14.4 Å². The molecule has 6 heteroatoms. The molecule has 1 unspecified atom stereocenters. The summed E-state index contributed by atoms with van der Waals surface area (Å²) in [6, 6.07) is 0. The van der Waals surface area contributed by atoms with Crippen LogP contribution in [0.1, 0.15) is 316 Å². The number of rotatable bonds is 60. The lowest BCUT2D eigenvalue weighted by Gasteiger charge is -2.18. The molecule has 6 nitrogen and oxygen atoms in total. The smallest absolute Gasteiger partial charge is 0.306 e. The normalized spacial score (nSPS) is 12.8. The highest BCUT2D eigenvalue weighted by atomic mass is 16.6. The van der Waals surface area contributed by atoms with E-state index in [1.54, 1.807) is 0 Å². The fourth-order valence-corrected chi connectivity index (χ4v) is 9.28. The van der Waals surface area contributed by atoms with Crippen LogP contribution in [0.4, 0.5) is 0 Å². The molecule has 0 radical (unpaired) electrons. The molecule has 1 atom stereocenters. The number of ether oxygens (including phenoxy) is 3. The zero-order valence-electron chi connectivity index (χ0n) is 51.9. The van der Waals surface area contributed by atoms with Crippen LogP contribution < -0.4 is 0 Å². The van der Waals surface area contributed by atoms with Gasteiger partial charge < -0.3 is 14.2 Å². The predicted molar refractivity (Wildman–Crippen MR) is 343 cm³/mol. The monoisotopic (exact) mass is 1100 g/mol. The second-order valence-electron chi connectivity index (χ2n) is 22.0. The lowest BCUT2D eigenvalue weighted by Crippen LogP contribution is -2.30. The molecule has 452 valence electrons. The SMILES string of the molecule is CC/C=C\C/C=C\C/C=C\C/C=C\C/C=C\C/C=C\C/C=C\C/C=C\CCCCCCC(=O)OCC(COC(=O)CCCCCCCCCCCCCCCC)OC(=O)CCCCCCCCC/C=C\CCCCCCCCC. The van der Waals surface area contributed by atoms with E-state index in [-0.39, 0.29) is 31.1 Å². The summed E-state index contributed by atoms with van der Waals surface area (Å²) in [4.78, 5) is 38.4. The summed E-state index contributed by atoms with van der Waals surface area (Å²) in [6.07, 6.45) is 90.9. The lowest BCUT2D eigenvalue weighted by atomic mass is 10.0. The summed E-state index contributed by atoms with van der Waals surface area (Å²) in [5.74, 6) is -0.905. The average Bonchev–Trinajstić information content (AvgIpc) is 3.45. The number of unbranched alkanes of at least 4 members (excludes halogenated alkanes) is 31. The Balaban J connectivity index is 4.38. The molecule has 0 saturated heterocycles. The van der Waals surface area contributed by atoms with E-state index < -0.39 is 6.10 Å². The maximum Gasteiger partial charge on any atom is 0.306 e. The second kappa shape index (κ2) is 66.6. The molecule has 0 rings (SSSR count). The first kappa shape index (κ1) is 75.1. The van der Waals surface area contributed by atoms with Gasteiger partial charge in [0.05, 0.1) is 0 Å². The van der Waals surface area contributed by atoms with Crippen LogP contribution in [0.3, 0.4) is 0 Å². The zero-order chi connectivity index (χ0) is 57.1. The van der Waals surface area contributed by atoms with Crippen LogP contribution in [0.15, 0.2) is 109 Å². The molecule has 0 bridgehead atoms. The van der Waals surface area contributed by atoms with Crippen molar-refractivity contribution in [2.24, 2.45) is 0 Å². The largest absolute Gasteiger partial charge is 0.462 e. The van der Waals surface area contributed by atoms with Gasteiger partial charge in [0.2, 0.25) is 0 Å². The predicted octanol–water partition coefficient (Wildman–Crippen LogP) is 23.0. The second-order valence-corrected chi connectivity index (χ2v) is 22.0. The van der Waals surface area contributed by atoms with Gasteiger partial charge in [0.25, 0.3) is 0 Å². The molecule has 0 amide bonds. The number of carbonyl (C=O) groups excluding carboxylic acids is 3. The number of esters is 3. The van der Waals surface area contributed by atoms with Gasteiger partial charge in [-0.25, -0.2) is 0 Å². The fraction of sp³-hybridized carbons (Fsp3) is 0.712. The van der Waals surface area contributed by atoms with Gasteiger partial charge in [-0.15, -0.1) is 0 Å². The summed E-state index contributed by atoms with van der Waals surface area (Å²) >= 11 is 0. The molecule has 0 aromatic carbocycles. The molecule has 0 fully saturated rings. The minimum absolute atomic E-state index is 0.0858. The number of allylic oxidation sites excluding steroid dienone is 18. The van der Waals surface area contributed by atoms with Gasteiger partial charge in [-0.05, 0) is 109 Å². The fourth-order valence-electron chi connectivity index (χ4n) is 9.28.